The van der Waals surface area contributed by atoms with E-state index >= 15 is 0 Å². The van der Waals surface area contributed by atoms with Crippen LogP contribution in [0.2, 0.25) is 0 Å². The summed E-state index contributed by atoms with van der Waals surface area (Å²) in [5.41, 5.74) is 6.71. The van der Waals surface area contributed by atoms with Crippen molar-refractivity contribution < 1.29 is 9.18 Å². The van der Waals surface area contributed by atoms with Crippen LogP contribution in [0.15, 0.2) is 36.4 Å². The quantitative estimate of drug-likeness (QED) is 0.493. The fourth-order valence-corrected chi connectivity index (χ4v) is 1.85. The fourth-order valence-electron chi connectivity index (χ4n) is 1.33. The molecule has 0 fully saturated rings. The van der Waals surface area contributed by atoms with E-state index in [1.807, 2.05) is 22.6 Å². The van der Waals surface area contributed by atoms with Crippen LogP contribution in [-0.4, -0.2) is 10.9 Å². The molecule has 1 heterocycles. The average Bonchev–Trinajstić information content (AvgIpc) is 2.32. The first-order valence-corrected chi connectivity index (χ1v) is 6.13. The van der Waals surface area contributed by atoms with E-state index in [9.17, 15) is 9.18 Å². The monoisotopic (exact) mass is 357 g/mol. The maximum absolute atomic E-state index is 12.9. The lowest BCUT2D eigenvalue weighted by Gasteiger charge is -2.05. The molecular weight excluding hydrogens is 348 g/mol. The third-order valence-corrected chi connectivity index (χ3v) is 3.15. The Balaban J connectivity index is 2.19. The molecule has 0 saturated carbocycles. The van der Waals surface area contributed by atoms with Gasteiger partial charge in [-0.25, -0.2) is 4.98 Å². The number of halogens is 2. The van der Waals surface area contributed by atoms with Crippen LogP contribution < -0.4 is 11.1 Å². The Labute approximate surface area is 117 Å². The van der Waals surface area contributed by atoms with E-state index in [1.54, 1.807) is 18.2 Å². The highest BCUT2D eigenvalue weighted by atomic mass is 127. The second kappa shape index (κ2) is 5.30. The number of rotatable bonds is 2. The highest BCUT2D eigenvalue weighted by Gasteiger charge is 2.08. The molecule has 0 aliphatic rings. The van der Waals surface area contributed by atoms with E-state index in [2.05, 4.69) is 10.3 Å². The first-order chi connectivity index (χ1) is 8.56. The SMILES string of the molecule is Nc1ccc(C(=O)Nc2cccc(F)n2)cc1I. The molecule has 4 nitrogen and oxygen atoms in total. The van der Waals surface area contributed by atoms with Gasteiger partial charge in [-0.1, -0.05) is 6.07 Å². The zero-order valence-corrected chi connectivity index (χ0v) is 11.3. The zero-order valence-electron chi connectivity index (χ0n) is 9.15. The van der Waals surface area contributed by atoms with Gasteiger partial charge < -0.3 is 11.1 Å². The molecule has 6 heteroatoms. The second-order valence-electron chi connectivity index (χ2n) is 3.54. The van der Waals surface area contributed by atoms with Gasteiger partial charge in [0, 0.05) is 14.8 Å². The topological polar surface area (TPSA) is 68.0 Å². The van der Waals surface area contributed by atoms with Crippen LogP contribution >= 0.6 is 22.6 Å². The van der Waals surface area contributed by atoms with Crippen molar-refractivity contribution in [1.29, 1.82) is 0 Å². The maximum Gasteiger partial charge on any atom is 0.256 e. The largest absolute Gasteiger partial charge is 0.398 e. The summed E-state index contributed by atoms with van der Waals surface area (Å²) in [5.74, 6) is -0.822. The molecule has 1 aromatic heterocycles. The number of nitrogens with two attached hydrogens (primary N) is 1. The van der Waals surface area contributed by atoms with Crippen molar-refractivity contribution in [2.45, 2.75) is 0 Å². The highest BCUT2D eigenvalue weighted by molar-refractivity contribution is 14.1. The molecule has 0 bridgehead atoms. The Morgan fingerprint density at radius 3 is 2.78 bits per heavy atom. The first kappa shape index (κ1) is 12.7. The number of pyridine rings is 1. The number of carbonyl (C=O) groups is 1. The van der Waals surface area contributed by atoms with Crippen molar-refractivity contribution in [3.8, 4) is 0 Å². The van der Waals surface area contributed by atoms with Gasteiger partial charge in [0.05, 0.1) is 0 Å². The van der Waals surface area contributed by atoms with Crippen molar-refractivity contribution in [2.24, 2.45) is 0 Å². The van der Waals surface area contributed by atoms with Crippen molar-refractivity contribution in [3.63, 3.8) is 0 Å². The molecule has 3 N–H and O–H groups in total. The van der Waals surface area contributed by atoms with E-state index in [4.69, 9.17) is 5.73 Å². The van der Waals surface area contributed by atoms with Crippen LogP contribution in [0.3, 0.4) is 0 Å². The molecule has 2 rings (SSSR count). The number of benzene rings is 1. The van der Waals surface area contributed by atoms with E-state index < -0.39 is 5.95 Å². The molecule has 0 radical (unpaired) electrons. The highest BCUT2D eigenvalue weighted by Crippen LogP contribution is 2.17. The van der Waals surface area contributed by atoms with Gasteiger partial charge in [0.15, 0.2) is 0 Å². The summed E-state index contributed by atoms with van der Waals surface area (Å²) in [6.07, 6.45) is 0. The molecule has 1 amide bonds. The molecule has 92 valence electrons. The Hall–Kier alpha value is -1.70. The van der Waals surface area contributed by atoms with Gasteiger partial charge in [-0.15, -0.1) is 0 Å². The van der Waals surface area contributed by atoms with Crippen LogP contribution in [-0.2, 0) is 0 Å². The summed E-state index contributed by atoms with van der Waals surface area (Å²) in [7, 11) is 0. The summed E-state index contributed by atoms with van der Waals surface area (Å²) in [5, 5.41) is 2.51. The number of nitrogens with zero attached hydrogens (tertiary/aromatic N) is 1. The number of carbonyl (C=O) groups excluding carboxylic acids is 1. The third kappa shape index (κ3) is 2.95. The molecule has 18 heavy (non-hydrogen) atoms. The smallest absolute Gasteiger partial charge is 0.256 e. The number of aromatic nitrogens is 1. The van der Waals surface area contributed by atoms with Gasteiger partial charge in [-0.2, -0.15) is 4.39 Å². The summed E-state index contributed by atoms with van der Waals surface area (Å²) in [4.78, 5) is 15.4. The number of nitrogen functional groups attached to an aromatic ring is 1. The number of hydrogen-bond donors (Lipinski definition) is 2. The van der Waals surface area contributed by atoms with Crippen LogP contribution in [0.1, 0.15) is 10.4 Å². The second-order valence-corrected chi connectivity index (χ2v) is 4.70. The predicted molar refractivity (Wildman–Crippen MR) is 75.7 cm³/mol. The van der Waals surface area contributed by atoms with Gasteiger partial charge >= 0.3 is 0 Å². The minimum Gasteiger partial charge on any atom is -0.398 e. The Bertz CT molecular complexity index is 604. The van der Waals surface area contributed by atoms with Gasteiger partial charge in [0.25, 0.3) is 5.91 Å². The van der Waals surface area contributed by atoms with Gasteiger partial charge in [0.1, 0.15) is 5.82 Å². The number of anilines is 2. The molecule has 0 saturated heterocycles. The molecule has 1 aromatic carbocycles. The maximum atomic E-state index is 12.9. The van der Waals surface area contributed by atoms with E-state index in [-0.39, 0.29) is 11.7 Å². The Morgan fingerprint density at radius 2 is 2.11 bits per heavy atom. The summed E-state index contributed by atoms with van der Waals surface area (Å²) >= 11 is 2.04. The predicted octanol–water partition coefficient (Wildman–Crippen LogP) is 2.66. The van der Waals surface area contributed by atoms with Crippen LogP contribution in [0.25, 0.3) is 0 Å². The standard InChI is InChI=1S/C12H9FIN3O/c13-10-2-1-3-11(16-10)17-12(18)7-4-5-9(15)8(14)6-7/h1-6H,15H2,(H,16,17,18). The summed E-state index contributed by atoms with van der Waals surface area (Å²) in [6.45, 7) is 0. The lowest BCUT2D eigenvalue weighted by Crippen LogP contribution is -2.13. The third-order valence-electron chi connectivity index (χ3n) is 2.22. The van der Waals surface area contributed by atoms with Gasteiger partial charge in [-0.05, 0) is 52.9 Å². The zero-order chi connectivity index (χ0) is 13.1. The Kier molecular flexibility index (Phi) is 3.75. The van der Waals surface area contributed by atoms with Crippen LogP contribution in [0.5, 0.6) is 0 Å². The first-order valence-electron chi connectivity index (χ1n) is 5.05. The minimum atomic E-state index is -0.639. The molecular formula is C12H9FIN3O. The summed E-state index contributed by atoms with van der Waals surface area (Å²) in [6, 6.07) is 9.11. The molecule has 0 spiro atoms. The van der Waals surface area contributed by atoms with E-state index in [0.717, 1.165) is 3.57 Å². The molecule has 0 atom stereocenters. The molecule has 0 aliphatic heterocycles. The Morgan fingerprint density at radius 1 is 1.33 bits per heavy atom. The van der Waals surface area contributed by atoms with E-state index in [0.29, 0.717) is 11.3 Å². The van der Waals surface area contributed by atoms with Crippen molar-refractivity contribution in [3.05, 3.63) is 51.5 Å². The van der Waals surface area contributed by atoms with Gasteiger partial charge in [0.2, 0.25) is 5.95 Å². The number of nitrogens with one attached hydrogen (secondary N) is 1. The normalized spacial score (nSPS) is 10.1. The molecule has 2 aromatic rings. The van der Waals surface area contributed by atoms with Crippen molar-refractivity contribution >= 4 is 40.0 Å². The lowest BCUT2D eigenvalue weighted by molar-refractivity contribution is 0.102. The van der Waals surface area contributed by atoms with Crippen molar-refractivity contribution in [2.75, 3.05) is 11.1 Å². The van der Waals surface area contributed by atoms with Crippen molar-refractivity contribution in [1.82, 2.24) is 4.98 Å². The number of amides is 1. The molecule has 0 aliphatic carbocycles. The van der Waals surface area contributed by atoms with E-state index in [1.165, 1.54) is 18.2 Å². The van der Waals surface area contributed by atoms with Crippen LogP contribution in [0, 0.1) is 9.52 Å². The number of hydrogen-bond acceptors (Lipinski definition) is 3. The lowest BCUT2D eigenvalue weighted by atomic mass is 10.2. The van der Waals surface area contributed by atoms with Crippen LogP contribution in [0.4, 0.5) is 15.9 Å². The summed E-state index contributed by atoms with van der Waals surface area (Å²) < 4.78 is 13.6. The fraction of sp³-hybridized carbons (Fsp3) is 0. The minimum absolute atomic E-state index is 0.173. The van der Waals surface area contributed by atoms with Gasteiger partial charge in [-0.3, -0.25) is 4.79 Å². The average molecular weight is 357 g/mol. The molecule has 0 unspecified atom stereocenters.